The zero-order chi connectivity index (χ0) is 23.2. The first kappa shape index (κ1) is 20.4. The van der Waals surface area contributed by atoms with Crippen LogP contribution in [0.2, 0.25) is 0 Å². The van der Waals surface area contributed by atoms with Gasteiger partial charge in [-0.2, -0.15) is 0 Å². The molecule has 3 aromatic carbocycles. The van der Waals surface area contributed by atoms with Gasteiger partial charge in [-0.25, -0.2) is 14.2 Å². The highest BCUT2D eigenvalue weighted by Gasteiger charge is 2.37. The number of halogens is 1. The molecule has 0 amide bonds. The molecule has 1 atom stereocenters. The zero-order valence-electron chi connectivity index (χ0n) is 17.7. The molecule has 1 aliphatic heterocycles. The summed E-state index contributed by atoms with van der Waals surface area (Å²) in [5, 5.41) is 3.12. The fourth-order valence-electron chi connectivity index (χ4n) is 4.33. The maximum atomic E-state index is 14.3. The fourth-order valence-corrected chi connectivity index (χ4v) is 5.24. The van der Waals surface area contributed by atoms with Crippen LogP contribution in [0.5, 0.6) is 5.75 Å². The molecule has 0 spiro atoms. The standard InChI is InChI=1S/C27H17FN2O3S/c28-17-10-6-9-16(13-17)21-22-24(18-11-4-5-12-20(18)32-27(22)31)33-25(29)23(21)26-30-19(14-34-26)15-7-2-1-3-8-15/h1-14,21H,29H2/t21-/m1/s1. The number of allylic oxidation sites excluding steroid dienone is 1. The zero-order valence-corrected chi connectivity index (χ0v) is 18.5. The van der Waals surface area contributed by atoms with Crippen LogP contribution in [-0.2, 0) is 0 Å². The highest BCUT2D eigenvalue weighted by Crippen LogP contribution is 2.48. The van der Waals surface area contributed by atoms with E-state index < -0.39 is 17.4 Å². The van der Waals surface area contributed by atoms with Crippen molar-refractivity contribution in [2.45, 2.75) is 5.92 Å². The van der Waals surface area contributed by atoms with Gasteiger partial charge in [0.05, 0.1) is 28.1 Å². The van der Waals surface area contributed by atoms with Crippen molar-refractivity contribution >= 4 is 27.9 Å². The Morgan fingerprint density at radius 3 is 2.59 bits per heavy atom. The first-order valence-electron chi connectivity index (χ1n) is 10.6. The van der Waals surface area contributed by atoms with Gasteiger partial charge >= 0.3 is 5.63 Å². The first-order chi connectivity index (χ1) is 16.6. The smallest absolute Gasteiger partial charge is 0.344 e. The van der Waals surface area contributed by atoms with Crippen molar-refractivity contribution in [2.75, 3.05) is 0 Å². The first-order valence-corrected chi connectivity index (χ1v) is 11.5. The van der Waals surface area contributed by atoms with Crippen molar-refractivity contribution in [1.29, 1.82) is 0 Å². The summed E-state index contributed by atoms with van der Waals surface area (Å²) in [5.74, 6) is -0.693. The number of para-hydroxylation sites is 1. The maximum Gasteiger partial charge on any atom is 0.344 e. The highest BCUT2D eigenvalue weighted by molar-refractivity contribution is 7.11. The van der Waals surface area contributed by atoms with Gasteiger partial charge in [0.15, 0.2) is 11.6 Å². The van der Waals surface area contributed by atoms with Crippen LogP contribution in [0.1, 0.15) is 22.1 Å². The number of hydrogen-bond acceptors (Lipinski definition) is 6. The molecule has 0 aliphatic carbocycles. The molecule has 0 bridgehead atoms. The number of ether oxygens (including phenoxy) is 1. The van der Waals surface area contributed by atoms with E-state index in [-0.39, 0.29) is 11.4 Å². The molecule has 7 heteroatoms. The monoisotopic (exact) mass is 468 g/mol. The van der Waals surface area contributed by atoms with Gasteiger partial charge in [-0.05, 0) is 29.8 Å². The summed E-state index contributed by atoms with van der Waals surface area (Å²) in [5.41, 5.74) is 9.37. The van der Waals surface area contributed by atoms with E-state index in [1.54, 1.807) is 30.3 Å². The third-order valence-corrected chi connectivity index (χ3v) is 6.72. The molecule has 34 heavy (non-hydrogen) atoms. The van der Waals surface area contributed by atoms with Crippen molar-refractivity contribution in [1.82, 2.24) is 4.98 Å². The second-order valence-electron chi connectivity index (χ2n) is 7.90. The van der Waals surface area contributed by atoms with E-state index in [9.17, 15) is 9.18 Å². The van der Waals surface area contributed by atoms with Crippen LogP contribution in [-0.4, -0.2) is 4.98 Å². The molecule has 0 radical (unpaired) electrons. The van der Waals surface area contributed by atoms with Crippen molar-refractivity contribution in [3.8, 4) is 17.0 Å². The van der Waals surface area contributed by atoms with Gasteiger partial charge in [-0.3, -0.25) is 0 Å². The third-order valence-electron chi connectivity index (χ3n) is 5.84. The third kappa shape index (κ3) is 3.29. The molecule has 166 valence electrons. The summed E-state index contributed by atoms with van der Waals surface area (Å²) in [6, 6.07) is 23.0. The van der Waals surface area contributed by atoms with Crippen LogP contribution in [0, 0.1) is 5.82 Å². The molecular weight excluding hydrogens is 451 g/mol. The quantitative estimate of drug-likeness (QED) is 0.333. The van der Waals surface area contributed by atoms with Crippen molar-refractivity contribution in [3.05, 3.63) is 122 Å². The molecule has 0 saturated carbocycles. The number of benzene rings is 3. The summed E-state index contributed by atoms with van der Waals surface area (Å²) in [7, 11) is 0. The second-order valence-corrected chi connectivity index (χ2v) is 8.76. The van der Waals surface area contributed by atoms with Gasteiger partial charge < -0.3 is 14.9 Å². The van der Waals surface area contributed by atoms with Gasteiger partial charge in [0.2, 0.25) is 0 Å². The Labute approximate surface area is 197 Å². The lowest BCUT2D eigenvalue weighted by atomic mass is 9.83. The Bertz CT molecular complexity index is 1640. The van der Waals surface area contributed by atoms with Gasteiger partial charge in [0.1, 0.15) is 16.4 Å². The molecule has 0 unspecified atom stereocenters. The molecule has 0 fully saturated rings. The van der Waals surface area contributed by atoms with Gasteiger partial charge in [0.25, 0.3) is 0 Å². The normalized spacial score (nSPS) is 15.3. The Morgan fingerprint density at radius 2 is 1.76 bits per heavy atom. The molecule has 2 aromatic heterocycles. The fraction of sp³-hybridized carbons (Fsp3) is 0.0370. The van der Waals surface area contributed by atoms with E-state index in [0.717, 1.165) is 11.3 Å². The average Bonchev–Trinajstić information content (AvgIpc) is 3.34. The van der Waals surface area contributed by atoms with E-state index in [0.29, 0.717) is 32.9 Å². The van der Waals surface area contributed by atoms with Gasteiger partial charge in [-0.15, -0.1) is 11.3 Å². The van der Waals surface area contributed by atoms with E-state index >= 15 is 0 Å². The average molecular weight is 469 g/mol. The van der Waals surface area contributed by atoms with Crippen LogP contribution >= 0.6 is 11.3 Å². The number of rotatable bonds is 3. The van der Waals surface area contributed by atoms with Crippen LogP contribution < -0.4 is 16.1 Å². The summed E-state index contributed by atoms with van der Waals surface area (Å²) >= 11 is 1.39. The van der Waals surface area contributed by atoms with Crippen molar-refractivity contribution < 1.29 is 13.5 Å². The van der Waals surface area contributed by atoms with Crippen molar-refractivity contribution in [2.24, 2.45) is 5.73 Å². The lowest BCUT2D eigenvalue weighted by Crippen LogP contribution is -2.26. The van der Waals surface area contributed by atoms with E-state index in [1.807, 2.05) is 41.8 Å². The van der Waals surface area contributed by atoms with E-state index in [4.69, 9.17) is 19.9 Å². The molecule has 0 saturated heterocycles. The van der Waals surface area contributed by atoms with Crippen molar-refractivity contribution in [3.63, 3.8) is 0 Å². The minimum absolute atomic E-state index is 0.117. The minimum atomic E-state index is -0.713. The Morgan fingerprint density at radius 1 is 0.971 bits per heavy atom. The molecular formula is C27H17FN2O3S. The number of nitrogens with zero attached hydrogens (tertiary/aromatic N) is 1. The summed E-state index contributed by atoms with van der Waals surface area (Å²) in [6.07, 6.45) is 0. The molecule has 5 nitrogen and oxygen atoms in total. The van der Waals surface area contributed by atoms with E-state index in [1.165, 1.54) is 23.5 Å². The number of nitrogens with two attached hydrogens (primary N) is 1. The summed E-state index contributed by atoms with van der Waals surface area (Å²) in [4.78, 5) is 18.0. The lowest BCUT2D eigenvalue weighted by molar-refractivity contribution is 0.399. The Kier molecular flexibility index (Phi) is 4.78. The highest BCUT2D eigenvalue weighted by atomic mass is 32.1. The second kappa shape index (κ2) is 7.97. The largest absolute Gasteiger partial charge is 0.440 e. The molecule has 5 aromatic rings. The maximum absolute atomic E-state index is 14.3. The minimum Gasteiger partial charge on any atom is -0.440 e. The topological polar surface area (TPSA) is 78.4 Å². The number of thiazole rings is 1. The summed E-state index contributed by atoms with van der Waals surface area (Å²) in [6.45, 7) is 0. The summed E-state index contributed by atoms with van der Waals surface area (Å²) < 4.78 is 26.0. The number of fused-ring (bicyclic) bond motifs is 3. The van der Waals surface area contributed by atoms with Crippen LogP contribution in [0.3, 0.4) is 0 Å². The Balaban J connectivity index is 1.61. The van der Waals surface area contributed by atoms with Crippen LogP contribution in [0.25, 0.3) is 27.8 Å². The Hall–Kier alpha value is -4.23. The lowest BCUT2D eigenvalue weighted by Gasteiger charge is -2.28. The van der Waals surface area contributed by atoms with Gasteiger partial charge in [0, 0.05) is 10.9 Å². The predicted molar refractivity (Wildman–Crippen MR) is 130 cm³/mol. The molecule has 1 aliphatic rings. The van der Waals surface area contributed by atoms with Crippen LogP contribution in [0.15, 0.2) is 99.3 Å². The van der Waals surface area contributed by atoms with Crippen LogP contribution in [0.4, 0.5) is 4.39 Å². The van der Waals surface area contributed by atoms with E-state index in [2.05, 4.69) is 0 Å². The number of aromatic nitrogens is 1. The number of hydrogen-bond donors (Lipinski definition) is 1. The molecule has 2 N–H and O–H groups in total. The predicted octanol–water partition coefficient (Wildman–Crippen LogP) is 5.91. The SMILES string of the molecule is NC1=C(c2nc(-c3ccccc3)cs2)[C@H](c2cccc(F)c2)c2c(c3ccccc3oc2=O)O1. The molecule has 6 rings (SSSR count). The van der Waals surface area contributed by atoms with Gasteiger partial charge in [-0.1, -0.05) is 54.6 Å². The molecule has 3 heterocycles.